The van der Waals surface area contributed by atoms with E-state index >= 15 is 0 Å². The van der Waals surface area contributed by atoms with E-state index in [4.69, 9.17) is 0 Å². The number of carbonyl (C=O) groups excluding carboxylic acids is 1. The third-order valence-corrected chi connectivity index (χ3v) is 5.13. The van der Waals surface area contributed by atoms with E-state index in [2.05, 4.69) is 5.32 Å². The highest BCUT2D eigenvalue weighted by Crippen LogP contribution is 2.37. The monoisotopic (exact) mass is 277 g/mol. The van der Waals surface area contributed by atoms with Crippen molar-refractivity contribution in [3.05, 3.63) is 0 Å². The molecule has 0 saturated heterocycles. The highest BCUT2D eigenvalue weighted by atomic mass is 32.2. The van der Waals surface area contributed by atoms with Crippen molar-refractivity contribution in [3.8, 4) is 0 Å². The van der Waals surface area contributed by atoms with E-state index in [0.717, 1.165) is 19.1 Å². The molecule has 7 heteroatoms. The fourth-order valence-corrected chi connectivity index (χ4v) is 2.58. The fourth-order valence-electron chi connectivity index (χ4n) is 2.11. The first-order valence-electron chi connectivity index (χ1n) is 5.89. The molecule has 1 atom stereocenters. The van der Waals surface area contributed by atoms with Crippen LogP contribution in [0.5, 0.6) is 0 Å². The zero-order valence-corrected chi connectivity index (χ0v) is 11.4. The highest BCUT2D eigenvalue weighted by Gasteiger charge is 2.41. The molecule has 1 amide bonds. The minimum absolute atomic E-state index is 0.00102. The molecule has 1 unspecified atom stereocenters. The van der Waals surface area contributed by atoms with E-state index in [1.165, 1.54) is 6.92 Å². The van der Waals surface area contributed by atoms with Crippen LogP contribution in [0.1, 0.15) is 32.6 Å². The molecule has 104 valence electrons. The predicted octanol–water partition coefficient (Wildman–Crippen LogP) is 0.181. The molecule has 0 spiro atoms. The second kappa shape index (κ2) is 5.26. The fraction of sp³-hybridized carbons (Fsp3) is 0.818. The molecular formula is C11H19NO5S. The summed E-state index contributed by atoms with van der Waals surface area (Å²) in [6.07, 6.45) is 3.68. The van der Waals surface area contributed by atoms with E-state index in [1.54, 1.807) is 0 Å². The van der Waals surface area contributed by atoms with Gasteiger partial charge in [-0.3, -0.25) is 9.59 Å². The van der Waals surface area contributed by atoms with Crippen LogP contribution < -0.4 is 5.32 Å². The van der Waals surface area contributed by atoms with Gasteiger partial charge in [-0.05, 0) is 19.8 Å². The summed E-state index contributed by atoms with van der Waals surface area (Å²) >= 11 is 0. The maximum Gasteiger partial charge on any atom is 0.311 e. The van der Waals surface area contributed by atoms with Crippen LogP contribution in [0.3, 0.4) is 0 Å². The summed E-state index contributed by atoms with van der Waals surface area (Å²) in [6.45, 7) is 1.30. The molecular weight excluding hydrogens is 258 g/mol. The van der Waals surface area contributed by atoms with Gasteiger partial charge in [0.05, 0.1) is 5.41 Å². The van der Waals surface area contributed by atoms with Crippen LogP contribution >= 0.6 is 0 Å². The van der Waals surface area contributed by atoms with Gasteiger partial charge in [-0.1, -0.05) is 12.8 Å². The zero-order chi connectivity index (χ0) is 14.0. The van der Waals surface area contributed by atoms with Gasteiger partial charge in [-0.2, -0.15) is 0 Å². The lowest BCUT2D eigenvalue weighted by atomic mass is 9.86. The van der Waals surface area contributed by atoms with Crippen LogP contribution in [0, 0.1) is 5.41 Å². The minimum atomic E-state index is -3.45. The Kier molecular flexibility index (Phi) is 4.37. The summed E-state index contributed by atoms with van der Waals surface area (Å²) < 4.78 is 22.4. The lowest BCUT2D eigenvalue weighted by Crippen LogP contribution is -2.45. The topological polar surface area (TPSA) is 101 Å². The maximum atomic E-state index is 11.6. The molecule has 0 bridgehead atoms. The molecule has 0 aromatic heterocycles. The van der Waals surface area contributed by atoms with Crippen LogP contribution in [0.25, 0.3) is 0 Å². The lowest BCUT2D eigenvalue weighted by molar-refractivity contribution is -0.148. The number of nitrogens with one attached hydrogen (secondary N) is 1. The number of carbonyl (C=O) groups is 2. The Morgan fingerprint density at radius 1 is 1.33 bits per heavy atom. The first kappa shape index (κ1) is 14.9. The van der Waals surface area contributed by atoms with Crippen molar-refractivity contribution in [1.82, 2.24) is 5.32 Å². The van der Waals surface area contributed by atoms with Gasteiger partial charge in [0.1, 0.15) is 5.25 Å². The second-order valence-electron chi connectivity index (χ2n) is 4.98. The van der Waals surface area contributed by atoms with Crippen LogP contribution in [0.15, 0.2) is 0 Å². The smallest absolute Gasteiger partial charge is 0.311 e. The Balaban J connectivity index is 2.64. The predicted molar refractivity (Wildman–Crippen MR) is 65.9 cm³/mol. The molecule has 0 aromatic rings. The third-order valence-electron chi connectivity index (χ3n) is 3.63. The van der Waals surface area contributed by atoms with Crippen LogP contribution in [-0.4, -0.2) is 43.5 Å². The van der Waals surface area contributed by atoms with Gasteiger partial charge in [0, 0.05) is 12.8 Å². The average molecular weight is 277 g/mol. The maximum absolute atomic E-state index is 11.6. The number of amides is 1. The molecule has 0 aliphatic heterocycles. The SMILES string of the molecule is CC(C(=O)NCC1(C(=O)O)CCCC1)S(C)(=O)=O. The van der Waals surface area contributed by atoms with Crippen molar-refractivity contribution in [3.63, 3.8) is 0 Å². The molecule has 2 N–H and O–H groups in total. The first-order valence-corrected chi connectivity index (χ1v) is 7.84. The second-order valence-corrected chi connectivity index (χ2v) is 7.35. The van der Waals surface area contributed by atoms with Crippen molar-refractivity contribution in [2.24, 2.45) is 5.41 Å². The van der Waals surface area contributed by atoms with Crippen LogP contribution in [-0.2, 0) is 19.4 Å². The quantitative estimate of drug-likeness (QED) is 0.746. The Morgan fingerprint density at radius 3 is 2.22 bits per heavy atom. The number of hydrogen-bond acceptors (Lipinski definition) is 4. The molecule has 1 aliphatic carbocycles. The van der Waals surface area contributed by atoms with Gasteiger partial charge in [-0.25, -0.2) is 8.42 Å². The average Bonchev–Trinajstić information content (AvgIpc) is 2.73. The molecule has 6 nitrogen and oxygen atoms in total. The molecule has 1 saturated carbocycles. The van der Waals surface area contributed by atoms with Gasteiger partial charge < -0.3 is 10.4 Å². The van der Waals surface area contributed by atoms with Gasteiger partial charge >= 0.3 is 5.97 Å². The normalized spacial score (nSPS) is 20.3. The number of carboxylic acids is 1. The molecule has 1 aliphatic rings. The molecule has 0 aromatic carbocycles. The highest BCUT2D eigenvalue weighted by molar-refractivity contribution is 7.92. The van der Waals surface area contributed by atoms with Crippen molar-refractivity contribution < 1.29 is 23.1 Å². The van der Waals surface area contributed by atoms with E-state index < -0.39 is 32.4 Å². The standard InChI is InChI=1S/C11H19NO5S/c1-8(18(2,16)17)9(13)12-7-11(10(14)15)5-3-4-6-11/h8H,3-7H2,1-2H3,(H,12,13)(H,14,15). The summed E-state index contributed by atoms with van der Waals surface area (Å²) in [7, 11) is -3.45. The van der Waals surface area contributed by atoms with E-state index in [9.17, 15) is 23.1 Å². The largest absolute Gasteiger partial charge is 0.481 e. The molecule has 18 heavy (non-hydrogen) atoms. The molecule has 0 heterocycles. The molecule has 0 radical (unpaired) electrons. The van der Waals surface area contributed by atoms with Gasteiger partial charge in [0.2, 0.25) is 5.91 Å². The van der Waals surface area contributed by atoms with E-state index in [-0.39, 0.29) is 6.54 Å². The summed E-state index contributed by atoms with van der Waals surface area (Å²) in [6, 6.07) is 0. The van der Waals surface area contributed by atoms with Crippen LogP contribution in [0.4, 0.5) is 0 Å². The number of carboxylic acid groups (broad SMARTS) is 1. The Labute approximate surface area is 107 Å². The van der Waals surface area contributed by atoms with Crippen molar-refractivity contribution in [2.45, 2.75) is 37.9 Å². The van der Waals surface area contributed by atoms with Crippen LogP contribution in [0.2, 0.25) is 0 Å². The minimum Gasteiger partial charge on any atom is -0.481 e. The van der Waals surface area contributed by atoms with Gasteiger partial charge in [0.25, 0.3) is 0 Å². The Hall–Kier alpha value is -1.11. The molecule has 1 rings (SSSR count). The zero-order valence-electron chi connectivity index (χ0n) is 10.6. The Bertz CT molecular complexity index is 436. The number of sulfone groups is 1. The summed E-state index contributed by atoms with van der Waals surface area (Å²) in [5, 5.41) is 10.5. The summed E-state index contributed by atoms with van der Waals surface area (Å²) in [4.78, 5) is 22.9. The lowest BCUT2D eigenvalue weighted by Gasteiger charge is -2.24. The number of hydrogen-bond donors (Lipinski definition) is 2. The number of aliphatic carboxylic acids is 1. The van der Waals surface area contributed by atoms with Gasteiger partial charge in [-0.15, -0.1) is 0 Å². The van der Waals surface area contributed by atoms with Crippen molar-refractivity contribution >= 4 is 21.7 Å². The Morgan fingerprint density at radius 2 is 1.83 bits per heavy atom. The van der Waals surface area contributed by atoms with Crippen molar-refractivity contribution in [2.75, 3.05) is 12.8 Å². The van der Waals surface area contributed by atoms with E-state index in [1.807, 2.05) is 0 Å². The first-order chi connectivity index (χ1) is 8.19. The number of rotatable bonds is 5. The van der Waals surface area contributed by atoms with E-state index in [0.29, 0.717) is 12.8 Å². The summed E-state index contributed by atoms with van der Waals surface area (Å²) in [5.74, 6) is -1.56. The third kappa shape index (κ3) is 3.22. The van der Waals surface area contributed by atoms with Gasteiger partial charge in [0.15, 0.2) is 9.84 Å². The summed E-state index contributed by atoms with van der Waals surface area (Å²) in [5.41, 5.74) is -0.924. The van der Waals surface area contributed by atoms with Crippen molar-refractivity contribution in [1.29, 1.82) is 0 Å². The molecule has 1 fully saturated rings.